The van der Waals surface area contributed by atoms with Crippen LogP contribution in [0.4, 0.5) is 0 Å². The molecule has 0 spiro atoms. The van der Waals surface area contributed by atoms with Crippen molar-refractivity contribution in [3.8, 4) is 0 Å². The number of benzene rings is 1. The molecule has 0 aliphatic rings. The van der Waals surface area contributed by atoms with Crippen LogP contribution in [-0.2, 0) is 11.2 Å². The summed E-state index contributed by atoms with van der Waals surface area (Å²) >= 11 is 0. The third kappa shape index (κ3) is 3.31. The molecule has 1 rings (SSSR count). The molecule has 0 bridgehead atoms. The summed E-state index contributed by atoms with van der Waals surface area (Å²) in [6.07, 6.45) is 5.06. The van der Waals surface area contributed by atoms with Crippen molar-refractivity contribution in [3.05, 3.63) is 48.0 Å². The van der Waals surface area contributed by atoms with Crippen LogP contribution in [0.3, 0.4) is 0 Å². The summed E-state index contributed by atoms with van der Waals surface area (Å²) in [5.41, 5.74) is 6.49. The van der Waals surface area contributed by atoms with Crippen LogP contribution in [0.5, 0.6) is 0 Å². The van der Waals surface area contributed by atoms with E-state index in [4.69, 9.17) is 5.73 Å². The highest BCUT2D eigenvalue weighted by molar-refractivity contribution is 5.86. The van der Waals surface area contributed by atoms with Gasteiger partial charge in [0.1, 0.15) is 5.78 Å². The Bertz CT molecular complexity index is 370. The molecule has 1 aromatic carbocycles. The molecule has 0 amide bonds. The summed E-state index contributed by atoms with van der Waals surface area (Å²) in [7, 11) is 0. The van der Waals surface area contributed by atoms with E-state index in [2.05, 4.69) is 0 Å². The first kappa shape index (κ1) is 12.7. The van der Waals surface area contributed by atoms with Crippen LogP contribution >= 0.6 is 0 Å². The molecule has 0 aliphatic carbocycles. The highest BCUT2D eigenvalue weighted by atomic mass is 16.1. The van der Waals surface area contributed by atoms with Gasteiger partial charge in [-0.1, -0.05) is 42.5 Å². The van der Waals surface area contributed by atoms with Crippen molar-refractivity contribution in [3.63, 3.8) is 0 Å². The van der Waals surface area contributed by atoms with Crippen LogP contribution in [-0.4, -0.2) is 11.3 Å². The minimum absolute atomic E-state index is 0.0365. The number of Topliss-reactive ketones (excluding diaryl/α,β-unsaturated/α-hetero) is 1. The fourth-order valence-electron chi connectivity index (χ4n) is 1.63. The van der Waals surface area contributed by atoms with E-state index in [0.717, 1.165) is 5.56 Å². The van der Waals surface area contributed by atoms with E-state index in [1.807, 2.05) is 49.4 Å². The van der Waals surface area contributed by atoms with Gasteiger partial charge in [0.2, 0.25) is 0 Å². The Morgan fingerprint density at radius 3 is 2.50 bits per heavy atom. The lowest BCUT2D eigenvalue weighted by Crippen LogP contribution is -2.48. The summed E-state index contributed by atoms with van der Waals surface area (Å²) < 4.78 is 0. The average molecular weight is 217 g/mol. The number of carbonyl (C=O) groups excluding carboxylic acids is 1. The predicted octanol–water partition coefficient (Wildman–Crippen LogP) is 2.48. The number of allylic oxidation sites excluding steroid dienone is 1. The lowest BCUT2D eigenvalue weighted by molar-refractivity contribution is -0.121. The van der Waals surface area contributed by atoms with Crippen molar-refractivity contribution in [2.75, 3.05) is 0 Å². The SMILES string of the molecule is C/C=C/C[C@](N)(Cc1ccccc1)C(C)=O. The topological polar surface area (TPSA) is 43.1 Å². The van der Waals surface area contributed by atoms with E-state index in [1.54, 1.807) is 6.92 Å². The lowest BCUT2D eigenvalue weighted by Gasteiger charge is -2.25. The predicted molar refractivity (Wildman–Crippen MR) is 67.2 cm³/mol. The lowest BCUT2D eigenvalue weighted by atomic mass is 9.85. The number of ketones is 1. The van der Waals surface area contributed by atoms with Crippen molar-refractivity contribution in [2.45, 2.75) is 32.2 Å². The third-order valence-corrected chi connectivity index (χ3v) is 2.78. The molecule has 1 atom stereocenters. The van der Waals surface area contributed by atoms with E-state index >= 15 is 0 Å². The van der Waals surface area contributed by atoms with Gasteiger partial charge in [0.25, 0.3) is 0 Å². The number of nitrogens with two attached hydrogens (primary N) is 1. The van der Waals surface area contributed by atoms with Crippen molar-refractivity contribution >= 4 is 5.78 Å². The Morgan fingerprint density at radius 1 is 1.38 bits per heavy atom. The van der Waals surface area contributed by atoms with Gasteiger partial charge < -0.3 is 5.73 Å². The van der Waals surface area contributed by atoms with Crippen molar-refractivity contribution in [1.29, 1.82) is 0 Å². The molecule has 0 unspecified atom stereocenters. The Kier molecular flexibility index (Phi) is 4.44. The van der Waals surface area contributed by atoms with Crippen molar-refractivity contribution in [2.24, 2.45) is 5.73 Å². The minimum Gasteiger partial charge on any atom is -0.318 e. The first-order valence-electron chi connectivity index (χ1n) is 5.53. The molecule has 0 aromatic heterocycles. The number of hydrogen-bond donors (Lipinski definition) is 1. The van der Waals surface area contributed by atoms with Crippen LogP contribution in [0.2, 0.25) is 0 Å². The van der Waals surface area contributed by atoms with Crippen LogP contribution in [0.25, 0.3) is 0 Å². The molecular formula is C14H19NO. The van der Waals surface area contributed by atoms with Crippen LogP contribution in [0.15, 0.2) is 42.5 Å². The summed E-state index contributed by atoms with van der Waals surface area (Å²) in [5.74, 6) is 0.0365. The number of hydrogen-bond acceptors (Lipinski definition) is 2. The third-order valence-electron chi connectivity index (χ3n) is 2.78. The van der Waals surface area contributed by atoms with Gasteiger partial charge in [-0.25, -0.2) is 0 Å². The Labute approximate surface area is 97.2 Å². The van der Waals surface area contributed by atoms with Gasteiger partial charge in [0.15, 0.2) is 0 Å². The van der Waals surface area contributed by atoms with Gasteiger partial charge in [0, 0.05) is 0 Å². The van der Waals surface area contributed by atoms with Gasteiger partial charge in [-0.15, -0.1) is 0 Å². The van der Waals surface area contributed by atoms with Gasteiger partial charge in [-0.3, -0.25) is 4.79 Å². The van der Waals surface area contributed by atoms with Crippen molar-refractivity contribution < 1.29 is 4.79 Å². The molecule has 2 N–H and O–H groups in total. The maximum atomic E-state index is 11.6. The molecule has 0 heterocycles. The molecule has 2 nitrogen and oxygen atoms in total. The molecule has 16 heavy (non-hydrogen) atoms. The van der Waals surface area contributed by atoms with Crippen molar-refractivity contribution in [1.82, 2.24) is 0 Å². The van der Waals surface area contributed by atoms with Gasteiger partial charge >= 0.3 is 0 Å². The Morgan fingerprint density at radius 2 is 2.00 bits per heavy atom. The quantitative estimate of drug-likeness (QED) is 0.770. The number of carbonyl (C=O) groups is 1. The standard InChI is InChI=1S/C14H19NO/c1-3-4-10-14(15,12(2)16)11-13-8-6-5-7-9-13/h3-9H,10-11,15H2,1-2H3/b4-3+/t14-/m0/s1. The molecule has 0 fully saturated rings. The maximum Gasteiger partial charge on any atom is 0.150 e. The summed E-state index contributed by atoms with van der Waals surface area (Å²) in [5, 5.41) is 0. The van der Waals surface area contributed by atoms with Gasteiger partial charge in [0.05, 0.1) is 5.54 Å². The summed E-state index contributed by atoms with van der Waals surface area (Å²) in [6.45, 7) is 3.50. The van der Waals surface area contributed by atoms with E-state index in [-0.39, 0.29) is 5.78 Å². The molecule has 0 saturated heterocycles. The maximum absolute atomic E-state index is 11.6. The molecule has 2 heteroatoms. The van der Waals surface area contributed by atoms with Crippen LogP contribution < -0.4 is 5.73 Å². The highest BCUT2D eigenvalue weighted by Gasteiger charge is 2.29. The highest BCUT2D eigenvalue weighted by Crippen LogP contribution is 2.16. The molecular weight excluding hydrogens is 198 g/mol. The molecule has 0 radical (unpaired) electrons. The minimum atomic E-state index is -0.770. The zero-order chi connectivity index (χ0) is 12.0. The monoisotopic (exact) mass is 217 g/mol. The Balaban J connectivity index is 2.83. The molecule has 1 aromatic rings. The zero-order valence-corrected chi connectivity index (χ0v) is 9.94. The van der Waals surface area contributed by atoms with Crippen LogP contribution in [0.1, 0.15) is 25.8 Å². The second-order valence-corrected chi connectivity index (χ2v) is 4.15. The fourth-order valence-corrected chi connectivity index (χ4v) is 1.63. The van der Waals surface area contributed by atoms with E-state index in [1.165, 1.54) is 0 Å². The summed E-state index contributed by atoms with van der Waals surface area (Å²) in [4.78, 5) is 11.6. The Hall–Kier alpha value is -1.41. The van der Waals surface area contributed by atoms with E-state index in [9.17, 15) is 4.79 Å². The molecule has 0 aliphatic heterocycles. The van der Waals surface area contributed by atoms with Gasteiger partial charge in [-0.2, -0.15) is 0 Å². The first-order valence-corrected chi connectivity index (χ1v) is 5.53. The fraction of sp³-hybridized carbons (Fsp3) is 0.357. The normalized spacial score (nSPS) is 14.9. The first-order chi connectivity index (χ1) is 7.58. The number of rotatable bonds is 5. The van der Waals surface area contributed by atoms with E-state index in [0.29, 0.717) is 12.8 Å². The second kappa shape index (κ2) is 5.61. The summed E-state index contributed by atoms with van der Waals surface area (Å²) in [6, 6.07) is 9.89. The second-order valence-electron chi connectivity index (χ2n) is 4.15. The average Bonchev–Trinajstić information content (AvgIpc) is 2.27. The van der Waals surface area contributed by atoms with Gasteiger partial charge in [-0.05, 0) is 32.3 Å². The van der Waals surface area contributed by atoms with Crippen LogP contribution in [0, 0.1) is 0 Å². The smallest absolute Gasteiger partial charge is 0.150 e. The zero-order valence-electron chi connectivity index (χ0n) is 9.94. The van der Waals surface area contributed by atoms with E-state index < -0.39 is 5.54 Å². The molecule has 86 valence electrons. The molecule has 0 saturated carbocycles. The largest absolute Gasteiger partial charge is 0.318 e.